The van der Waals surface area contributed by atoms with Gasteiger partial charge in [0.1, 0.15) is 0 Å². The van der Waals surface area contributed by atoms with Gasteiger partial charge in [-0.15, -0.1) is 0 Å². The highest BCUT2D eigenvalue weighted by atomic mass is 16.2. The highest BCUT2D eigenvalue weighted by Gasteiger charge is 2.14. The van der Waals surface area contributed by atoms with Crippen LogP contribution in [0.25, 0.3) is 0 Å². The standard InChI is InChI=1S/C16H19NO/c1-4-7-11-14(5-2)17(16(18)6-3)15-12-9-8-10-13-15/h5-13H,3-4H2,1-2H3/b11-7-,14-5+. The van der Waals surface area contributed by atoms with Crippen LogP contribution in [0.2, 0.25) is 0 Å². The largest absolute Gasteiger partial charge is 0.278 e. The van der Waals surface area contributed by atoms with Crippen molar-refractivity contribution in [3.63, 3.8) is 0 Å². The minimum Gasteiger partial charge on any atom is -0.278 e. The summed E-state index contributed by atoms with van der Waals surface area (Å²) in [5.74, 6) is -0.130. The summed E-state index contributed by atoms with van der Waals surface area (Å²) in [6.07, 6.45) is 8.16. The third kappa shape index (κ3) is 3.45. The highest BCUT2D eigenvalue weighted by molar-refractivity contribution is 6.04. The molecule has 1 rings (SSSR count). The maximum Gasteiger partial charge on any atom is 0.254 e. The molecule has 1 aromatic rings. The average Bonchev–Trinajstić information content (AvgIpc) is 2.43. The van der Waals surface area contributed by atoms with Gasteiger partial charge in [-0.2, -0.15) is 0 Å². The number of rotatable bonds is 5. The number of carbonyl (C=O) groups excluding carboxylic acids is 1. The molecule has 0 radical (unpaired) electrons. The van der Waals surface area contributed by atoms with Gasteiger partial charge in [0.05, 0.1) is 0 Å². The maximum atomic E-state index is 12.0. The molecule has 94 valence electrons. The van der Waals surface area contributed by atoms with Crippen molar-refractivity contribution in [2.75, 3.05) is 4.90 Å². The first-order valence-corrected chi connectivity index (χ1v) is 6.09. The fraction of sp³-hybridized carbons (Fsp3) is 0.188. The van der Waals surface area contributed by atoms with E-state index in [1.165, 1.54) is 6.08 Å². The fourth-order valence-corrected chi connectivity index (χ4v) is 1.61. The Hall–Kier alpha value is -2.09. The topological polar surface area (TPSA) is 20.3 Å². The zero-order chi connectivity index (χ0) is 13.4. The number of carbonyl (C=O) groups is 1. The first-order chi connectivity index (χ1) is 8.74. The van der Waals surface area contributed by atoms with Crippen molar-refractivity contribution >= 4 is 11.6 Å². The monoisotopic (exact) mass is 241 g/mol. The summed E-state index contributed by atoms with van der Waals surface area (Å²) >= 11 is 0. The van der Waals surface area contributed by atoms with Crippen molar-refractivity contribution in [3.05, 3.63) is 66.9 Å². The lowest BCUT2D eigenvalue weighted by Gasteiger charge is -2.22. The van der Waals surface area contributed by atoms with Gasteiger partial charge in [0.15, 0.2) is 0 Å². The summed E-state index contributed by atoms with van der Waals surface area (Å²) in [4.78, 5) is 13.7. The van der Waals surface area contributed by atoms with Gasteiger partial charge in [0.2, 0.25) is 0 Å². The summed E-state index contributed by atoms with van der Waals surface area (Å²) in [6.45, 7) is 7.54. The number of hydrogen-bond acceptors (Lipinski definition) is 1. The van der Waals surface area contributed by atoms with E-state index >= 15 is 0 Å². The molecule has 0 atom stereocenters. The van der Waals surface area contributed by atoms with Crippen LogP contribution in [0, 0.1) is 0 Å². The molecule has 0 saturated carbocycles. The van der Waals surface area contributed by atoms with Crippen molar-refractivity contribution in [1.29, 1.82) is 0 Å². The Kier molecular flexibility index (Phi) is 5.65. The Morgan fingerprint density at radius 3 is 2.50 bits per heavy atom. The van der Waals surface area contributed by atoms with E-state index in [1.54, 1.807) is 4.90 Å². The van der Waals surface area contributed by atoms with Crippen LogP contribution in [-0.4, -0.2) is 5.91 Å². The molecular formula is C16H19NO. The highest BCUT2D eigenvalue weighted by Crippen LogP contribution is 2.20. The Balaban J connectivity index is 3.17. The molecule has 0 aliphatic rings. The normalized spacial score (nSPS) is 11.6. The lowest BCUT2D eigenvalue weighted by Crippen LogP contribution is -2.27. The zero-order valence-electron chi connectivity index (χ0n) is 11.0. The first kappa shape index (κ1) is 14.0. The van der Waals surface area contributed by atoms with Crippen LogP contribution in [0.4, 0.5) is 5.69 Å². The molecule has 2 heteroatoms. The molecule has 0 saturated heterocycles. The molecule has 0 fully saturated rings. The van der Waals surface area contributed by atoms with E-state index in [9.17, 15) is 4.79 Å². The van der Waals surface area contributed by atoms with Crippen molar-refractivity contribution < 1.29 is 4.79 Å². The van der Waals surface area contributed by atoms with Crippen molar-refractivity contribution in [2.24, 2.45) is 0 Å². The van der Waals surface area contributed by atoms with Crippen LogP contribution in [0.5, 0.6) is 0 Å². The molecule has 18 heavy (non-hydrogen) atoms. The Bertz CT molecular complexity index is 457. The summed E-state index contributed by atoms with van der Waals surface area (Å²) in [6, 6.07) is 9.57. The zero-order valence-corrected chi connectivity index (χ0v) is 11.0. The number of para-hydroxylation sites is 1. The second kappa shape index (κ2) is 7.28. The average molecular weight is 241 g/mol. The summed E-state index contributed by atoms with van der Waals surface area (Å²) in [5.41, 5.74) is 1.70. The predicted octanol–water partition coefficient (Wildman–Crippen LogP) is 4.08. The number of nitrogens with zero attached hydrogens (tertiary/aromatic N) is 1. The number of anilines is 1. The van der Waals surface area contributed by atoms with Gasteiger partial charge in [0, 0.05) is 11.4 Å². The van der Waals surface area contributed by atoms with Crippen LogP contribution in [0.1, 0.15) is 20.3 Å². The third-order valence-electron chi connectivity index (χ3n) is 2.49. The number of allylic oxidation sites excluding steroid dienone is 3. The molecule has 1 aromatic carbocycles. The Labute approximate surface area is 109 Å². The number of benzene rings is 1. The summed E-state index contributed by atoms with van der Waals surface area (Å²) < 4.78 is 0. The first-order valence-electron chi connectivity index (χ1n) is 6.09. The van der Waals surface area contributed by atoms with Gasteiger partial charge in [0.25, 0.3) is 5.91 Å². The molecule has 0 aliphatic heterocycles. The second-order valence-corrected chi connectivity index (χ2v) is 3.74. The smallest absolute Gasteiger partial charge is 0.254 e. The van der Waals surface area contributed by atoms with E-state index in [4.69, 9.17) is 0 Å². The van der Waals surface area contributed by atoms with Gasteiger partial charge in [-0.25, -0.2) is 0 Å². The molecule has 0 heterocycles. The van der Waals surface area contributed by atoms with Crippen LogP contribution >= 0.6 is 0 Å². The lowest BCUT2D eigenvalue weighted by atomic mass is 10.2. The molecule has 0 bridgehead atoms. The van der Waals surface area contributed by atoms with E-state index < -0.39 is 0 Å². The molecule has 0 spiro atoms. The van der Waals surface area contributed by atoms with Gasteiger partial charge in [-0.3, -0.25) is 9.69 Å². The summed E-state index contributed by atoms with van der Waals surface area (Å²) in [7, 11) is 0. The maximum absolute atomic E-state index is 12.0. The minimum absolute atomic E-state index is 0.130. The lowest BCUT2D eigenvalue weighted by molar-refractivity contribution is -0.113. The quantitative estimate of drug-likeness (QED) is 0.562. The third-order valence-corrected chi connectivity index (χ3v) is 2.49. The van der Waals surface area contributed by atoms with Gasteiger partial charge < -0.3 is 0 Å². The van der Waals surface area contributed by atoms with Crippen molar-refractivity contribution in [2.45, 2.75) is 20.3 Å². The summed E-state index contributed by atoms with van der Waals surface area (Å²) in [5, 5.41) is 0. The molecule has 0 aliphatic carbocycles. The van der Waals surface area contributed by atoms with E-state index in [2.05, 4.69) is 13.5 Å². The number of amides is 1. The van der Waals surface area contributed by atoms with Crippen LogP contribution in [0.15, 0.2) is 66.9 Å². The molecule has 0 unspecified atom stereocenters. The van der Waals surface area contributed by atoms with Crippen LogP contribution in [0.3, 0.4) is 0 Å². The fourth-order valence-electron chi connectivity index (χ4n) is 1.61. The minimum atomic E-state index is -0.130. The van der Waals surface area contributed by atoms with Crippen LogP contribution < -0.4 is 4.90 Å². The van der Waals surface area contributed by atoms with Crippen LogP contribution in [-0.2, 0) is 4.79 Å². The molecular weight excluding hydrogens is 222 g/mol. The van der Waals surface area contributed by atoms with E-state index in [0.29, 0.717) is 0 Å². The van der Waals surface area contributed by atoms with Crippen molar-refractivity contribution in [1.82, 2.24) is 0 Å². The Morgan fingerprint density at radius 2 is 2.00 bits per heavy atom. The van der Waals surface area contributed by atoms with E-state index in [-0.39, 0.29) is 5.91 Å². The van der Waals surface area contributed by atoms with Gasteiger partial charge in [-0.05, 0) is 37.6 Å². The Morgan fingerprint density at radius 1 is 1.33 bits per heavy atom. The molecule has 1 amide bonds. The van der Waals surface area contributed by atoms with E-state index in [0.717, 1.165) is 17.8 Å². The molecule has 0 aromatic heterocycles. The number of hydrogen-bond donors (Lipinski definition) is 0. The SMILES string of the molecule is C=CC(=O)N(C(/C=C\CC)=C/C)c1ccccc1. The van der Waals surface area contributed by atoms with E-state index in [1.807, 2.05) is 55.5 Å². The van der Waals surface area contributed by atoms with Gasteiger partial charge >= 0.3 is 0 Å². The second-order valence-electron chi connectivity index (χ2n) is 3.74. The van der Waals surface area contributed by atoms with Gasteiger partial charge in [-0.1, -0.05) is 43.9 Å². The van der Waals surface area contributed by atoms with Crippen molar-refractivity contribution in [3.8, 4) is 0 Å². The predicted molar refractivity (Wildman–Crippen MR) is 77.3 cm³/mol. The molecule has 0 N–H and O–H groups in total. The molecule has 2 nitrogen and oxygen atoms in total.